The molecule has 0 aromatic rings. The molecule has 1 saturated carbocycles. The zero-order chi connectivity index (χ0) is 23.5. The summed E-state index contributed by atoms with van der Waals surface area (Å²) in [6.07, 6.45) is -6.60. The van der Waals surface area contributed by atoms with E-state index in [1.165, 1.54) is 0 Å². The van der Waals surface area contributed by atoms with Crippen molar-refractivity contribution in [2.75, 3.05) is 26.4 Å². The van der Waals surface area contributed by atoms with Crippen LogP contribution < -0.4 is 0 Å². The van der Waals surface area contributed by atoms with Crippen LogP contribution in [-0.2, 0) is 18.9 Å². The summed E-state index contributed by atoms with van der Waals surface area (Å²) in [7, 11) is 0. The number of fused-ring (bicyclic) bond motifs is 1. The smallest absolute Gasteiger partial charge is 0.187 e. The predicted octanol–water partition coefficient (Wildman–Crippen LogP) is -2.62. The van der Waals surface area contributed by atoms with Crippen molar-refractivity contribution in [1.82, 2.24) is 0 Å². The third kappa shape index (κ3) is 3.64. The van der Waals surface area contributed by atoms with Gasteiger partial charge in [0.15, 0.2) is 12.6 Å². The van der Waals surface area contributed by atoms with Crippen LogP contribution in [0.3, 0.4) is 0 Å². The van der Waals surface area contributed by atoms with Crippen molar-refractivity contribution in [3.63, 3.8) is 0 Å². The number of aliphatic hydroxyl groups is 7. The third-order valence-corrected chi connectivity index (χ3v) is 7.92. The van der Waals surface area contributed by atoms with Gasteiger partial charge in [0.1, 0.15) is 36.1 Å². The molecule has 11 heteroatoms. The lowest BCUT2D eigenvalue weighted by atomic mass is 9.46. The molecule has 3 aliphatic carbocycles. The summed E-state index contributed by atoms with van der Waals surface area (Å²) in [5.41, 5.74) is -1.87. The van der Waals surface area contributed by atoms with Crippen LogP contribution in [-0.4, -0.2) is 116 Å². The lowest BCUT2D eigenvalue weighted by molar-refractivity contribution is -0.366. The molecule has 5 aliphatic rings. The zero-order valence-electron chi connectivity index (χ0n) is 18.2. The highest BCUT2D eigenvalue weighted by Gasteiger charge is 2.65. The zero-order valence-corrected chi connectivity index (χ0v) is 18.2. The van der Waals surface area contributed by atoms with Gasteiger partial charge in [-0.25, -0.2) is 0 Å². The molecule has 2 saturated heterocycles. The molecule has 0 amide bonds. The minimum atomic E-state index is -1.86. The van der Waals surface area contributed by atoms with E-state index in [9.17, 15) is 35.7 Å². The van der Waals surface area contributed by atoms with E-state index >= 15 is 0 Å². The first-order valence-electron chi connectivity index (χ1n) is 10.9. The van der Waals surface area contributed by atoms with E-state index in [1.54, 1.807) is 0 Å². The summed E-state index contributed by atoms with van der Waals surface area (Å²) >= 11 is 0. The maximum absolute atomic E-state index is 10.5. The Bertz CT molecular complexity index is 729. The molecule has 0 aromatic carbocycles. The van der Waals surface area contributed by atoms with Crippen LogP contribution in [0.25, 0.3) is 0 Å². The Morgan fingerprint density at radius 3 is 2.34 bits per heavy atom. The first kappa shape index (κ1) is 24.4. The van der Waals surface area contributed by atoms with E-state index in [4.69, 9.17) is 18.9 Å². The van der Waals surface area contributed by atoms with Gasteiger partial charge < -0.3 is 54.7 Å². The Morgan fingerprint density at radius 2 is 1.78 bits per heavy atom. The first-order valence-corrected chi connectivity index (χ1v) is 10.9. The van der Waals surface area contributed by atoms with E-state index in [0.29, 0.717) is 12.8 Å². The van der Waals surface area contributed by atoms with Gasteiger partial charge in [0.05, 0.1) is 32.0 Å². The number of aliphatic hydroxyl groups excluding tert-OH is 6. The van der Waals surface area contributed by atoms with Crippen LogP contribution in [0.4, 0.5) is 0 Å². The molecule has 32 heavy (non-hydrogen) atoms. The number of rotatable bonds is 7. The molecule has 0 spiro atoms. The van der Waals surface area contributed by atoms with Gasteiger partial charge >= 0.3 is 0 Å². The first-order chi connectivity index (χ1) is 15.0. The second kappa shape index (κ2) is 8.51. The molecule has 3 fully saturated rings. The summed E-state index contributed by atoms with van der Waals surface area (Å²) in [5, 5.41) is 70.2. The SMILES string of the molecule is CC1(C)C2CC1(OC1OC(COC3OCC(O)(CO)C3O)C(O)C(O)C1O)CC=C2CO. The fraction of sp³-hybridized carbons (Fsp3) is 0.905. The normalized spacial score (nSPS) is 50.1. The van der Waals surface area contributed by atoms with Gasteiger partial charge in [0.25, 0.3) is 0 Å². The molecule has 2 aliphatic heterocycles. The van der Waals surface area contributed by atoms with Gasteiger partial charge in [-0.1, -0.05) is 19.9 Å². The highest BCUT2D eigenvalue weighted by atomic mass is 16.7. The lowest BCUT2D eigenvalue weighted by Gasteiger charge is -2.65. The van der Waals surface area contributed by atoms with E-state index in [0.717, 1.165) is 5.57 Å². The minimum absolute atomic E-state index is 0.0163. The highest BCUT2D eigenvalue weighted by molar-refractivity contribution is 5.30. The quantitative estimate of drug-likeness (QED) is 0.197. The second-order valence-corrected chi connectivity index (χ2v) is 9.97. The van der Waals surface area contributed by atoms with Crippen LogP contribution >= 0.6 is 0 Å². The predicted molar refractivity (Wildman–Crippen MR) is 106 cm³/mol. The molecular formula is C21H34O11. The minimum Gasteiger partial charge on any atom is -0.393 e. The Hall–Kier alpha value is -0.700. The maximum Gasteiger partial charge on any atom is 0.187 e. The van der Waals surface area contributed by atoms with Gasteiger partial charge in [-0.05, 0) is 24.3 Å². The van der Waals surface area contributed by atoms with Crippen molar-refractivity contribution in [2.45, 2.75) is 81.0 Å². The topological polar surface area (TPSA) is 179 Å². The fourth-order valence-corrected chi connectivity index (χ4v) is 5.33. The van der Waals surface area contributed by atoms with Crippen molar-refractivity contribution in [2.24, 2.45) is 11.3 Å². The third-order valence-electron chi connectivity index (χ3n) is 7.92. The van der Waals surface area contributed by atoms with E-state index in [-0.39, 0.29) is 31.2 Å². The number of hydrogen-bond acceptors (Lipinski definition) is 11. The fourth-order valence-electron chi connectivity index (χ4n) is 5.33. The molecule has 0 radical (unpaired) electrons. The lowest BCUT2D eigenvalue weighted by Crippen LogP contribution is -2.69. The molecule has 0 aromatic heterocycles. The highest BCUT2D eigenvalue weighted by Crippen LogP contribution is 2.64. The molecular weight excluding hydrogens is 428 g/mol. The largest absolute Gasteiger partial charge is 0.393 e. The van der Waals surface area contributed by atoms with Crippen LogP contribution in [0, 0.1) is 11.3 Å². The molecule has 5 rings (SSSR count). The maximum atomic E-state index is 10.5. The van der Waals surface area contributed by atoms with Crippen LogP contribution in [0.15, 0.2) is 11.6 Å². The van der Waals surface area contributed by atoms with Crippen LogP contribution in [0.5, 0.6) is 0 Å². The molecule has 11 nitrogen and oxygen atoms in total. The van der Waals surface area contributed by atoms with Crippen molar-refractivity contribution >= 4 is 0 Å². The Balaban J connectivity index is 1.42. The van der Waals surface area contributed by atoms with E-state index in [1.807, 2.05) is 19.9 Å². The molecule has 10 unspecified atom stereocenters. The Labute approximate surface area is 185 Å². The monoisotopic (exact) mass is 462 g/mol. The summed E-state index contributed by atoms with van der Waals surface area (Å²) in [6.45, 7) is 2.64. The van der Waals surface area contributed by atoms with Gasteiger partial charge in [-0.3, -0.25) is 0 Å². The number of ether oxygens (including phenoxy) is 4. The second-order valence-electron chi connectivity index (χ2n) is 9.97. The van der Waals surface area contributed by atoms with Crippen molar-refractivity contribution < 1.29 is 54.7 Å². The van der Waals surface area contributed by atoms with Crippen molar-refractivity contribution in [3.05, 3.63) is 11.6 Å². The molecule has 184 valence electrons. The van der Waals surface area contributed by atoms with Crippen LogP contribution in [0.1, 0.15) is 26.7 Å². The van der Waals surface area contributed by atoms with Crippen LogP contribution in [0.2, 0.25) is 0 Å². The molecule has 2 heterocycles. The summed E-state index contributed by atoms with van der Waals surface area (Å²) in [5.74, 6) is 0.142. The summed E-state index contributed by atoms with van der Waals surface area (Å²) in [4.78, 5) is 0. The molecule has 2 bridgehead atoms. The van der Waals surface area contributed by atoms with Crippen molar-refractivity contribution in [3.8, 4) is 0 Å². The van der Waals surface area contributed by atoms with Gasteiger partial charge in [0, 0.05) is 5.41 Å². The van der Waals surface area contributed by atoms with Gasteiger partial charge in [0.2, 0.25) is 0 Å². The van der Waals surface area contributed by atoms with Gasteiger partial charge in [-0.2, -0.15) is 0 Å². The summed E-state index contributed by atoms with van der Waals surface area (Å²) in [6, 6.07) is 0. The number of hydrogen-bond donors (Lipinski definition) is 7. The van der Waals surface area contributed by atoms with E-state index in [2.05, 4.69) is 0 Å². The average Bonchev–Trinajstić information content (AvgIpc) is 3.07. The van der Waals surface area contributed by atoms with Gasteiger partial charge in [-0.15, -0.1) is 0 Å². The van der Waals surface area contributed by atoms with E-state index < -0.39 is 60.9 Å². The molecule has 7 N–H and O–H groups in total. The molecule has 10 atom stereocenters. The summed E-state index contributed by atoms with van der Waals surface area (Å²) < 4.78 is 22.6. The Kier molecular flexibility index (Phi) is 6.49. The Morgan fingerprint density at radius 1 is 1.06 bits per heavy atom. The standard InChI is InChI=1S/C21H34O11/c1-19(2)11-5-21(19,4-3-10(11)6-22)32-17-15(26)14(25)13(24)12(31-17)7-29-18-16(27)20(28,8-23)9-30-18/h3,11-18,22-28H,4-9H2,1-2H3. The average molecular weight is 462 g/mol. The van der Waals surface area contributed by atoms with Crippen molar-refractivity contribution in [1.29, 1.82) is 0 Å².